The van der Waals surface area contributed by atoms with E-state index in [1.54, 1.807) is 13.8 Å². The number of benzene rings is 1. The van der Waals surface area contributed by atoms with Crippen LogP contribution in [0, 0.1) is 19.7 Å². The first-order valence-corrected chi connectivity index (χ1v) is 8.18. The SMILES string of the molecule is CCC(CCCl)NS(=O)(=O)c1c(C)cc(F)cc1C. The molecule has 1 aromatic rings. The molecule has 0 saturated heterocycles. The summed E-state index contributed by atoms with van der Waals surface area (Å²) in [4.78, 5) is 0.155. The molecule has 0 bridgehead atoms. The van der Waals surface area contributed by atoms with Gasteiger partial charge in [-0.05, 0) is 49.9 Å². The highest BCUT2D eigenvalue weighted by Crippen LogP contribution is 2.22. The zero-order valence-electron chi connectivity index (χ0n) is 11.3. The van der Waals surface area contributed by atoms with Gasteiger partial charge in [0, 0.05) is 11.9 Å². The molecule has 1 atom stereocenters. The molecule has 0 aliphatic heterocycles. The third kappa shape index (κ3) is 4.16. The molecule has 0 saturated carbocycles. The van der Waals surface area contributed by atoms with Crippen LogP contribution in [0.1, 0.15) is 30.9 Å². The minimum absolute atomic E-state index is 0.155. The lowest BCUT2D eigenvalue weighted by Crippen LogP contribution is -2.35. The Morgan fingerprint density at radius 3 is 2.26 bits per heavy atom. The summed E-state index contributed by atoms with van der Waals surface area (Å²) in [7, 11) is -3.65. The average molecular weight is 308 g/mol. The van der Waals surface area contributed by atoms with Crippen molar-refractivity contribution in [2.45, 2.75) is 44.6 Å². The van der Waals surface area contributed by atoms with Gasteiger partial charge in [-0.3, -0.25) is 0 Å². The van der Waals surface area contributed by atoms with E-state index in [-0.39, 0.29) is 10.9 Å². The van der Waals surface area contributed by atoms with Gasteiger partial charge in [-0.2, -0.15) is 0 Å². The molecule has 1 N–H and O–H groups in total. The Morgan fingerprint density at radius 1 is 1.32 bits per heavy atom. The zero-order chi connectivity index (χ0) is 14.6. The van der Waals surface area contributed by atoms with Gasteiger partial charge in [0.25, 0.3) is 0 Å². The van der Waals surface area contributed by atoms with Gasteiger partial charge in [0.05, 0.1) is 4.90 Å². The fourth-order valence-corrected chi connectivity index (χ4v) is 4.15. The fraction of sp³-hybridized carbons (Fsp3) is 0.538. The maximum Gasteiger partial charge on any atom is 0.241 e. The van der Waals surface area contributed by atoms with Crippen molar-refractivity contribution < 1.29 is 12.8 Å². The predicted molar refractivity (Wildman–Crippen MR) is 75.6 cm³/mol. The van der Waals surface area contributed by atoms with Crippen LogP contribution in [0.4, 0.5) is 4.39 Å². The number of hydrogen-bond acceptors (Lipinski definition) is 2. The van der Waals surface area contributed by atoms with Crippen LogP contribution in [0.15, 0.2) is 17.0 Å². The Morgan fingerprint density at radius 2 is 1.84 bits per heavy atom. The summed E-state index contributed by atoms with van der Waals surface area (Å²) in [6.07, 6.45) is 1.22. The quantitative estimate of drug-likeness (QED) is 0.821. The number of nitrogens with one attached hydrogen (secondary N) is 1. The molecule has 0 fully saturated rings. The molecule has 108 valence electrons. The topological polar surface area (TPSA) is 46.2 Å². The number of aryl methyl sites for hydroxylation is 2. The van der Waals surface area contributed by atoms with Crippen molar-refractivity contribution >= 4 is 21.6 Å². The molecular weight excluding hydrogens is 289 g/mol. The minimum Gasteiger partial charge on any atom is -0.208 e. The van der Waals surface area contributed by atoms with Crippen molar-refractivity contribution in [1.29, 1.82) is 0 Å². The normalized spacial score (nSPS) is 13.5. The lowest BCUT2D eigenvalue weighted by Gasteiger charge is -2.18. The number of alkyl halides is 1. The van der Waals surface area contributed by atoms with Crippen molar-refractivity contribution in [3.05, 3.63) is 29.1 Å². The van der Waals surface area contributed by atoms with Crippen LogP contribution in [0.5, 0.6) is 0 Å². The summed E-state index contributed by atoms with van der Waals surface area (Å²) in [6, 6.07) is 2.25. The number of rotatable bonds is 6. The zero-order valence-corrected chi connectivity index (χ0v) is 12.9. The lowest BCUT2D eigenvalue weighted by molar-refractivity contribution is 0.530. The van der Waals surface area contributed by atoms with Crippen LogP contribution in [0.3, 0.4) is 0 Å². The third-order valence-electron chi connectivity index (χ3n) is 2.97. The molecule has 1 aromatic carbocycles. The molecule has 6 heteroatoms. The summed E-state index contributed by atoms with van der Waals surface area (Å²) in [5.74, 6) is -0.0377. The van der Waals surface area contributed by atoms with E-state index in [0.717, 1.165) is 0 Å². The predicted octanol–water partition coefficient (Wildman–Crippen LogP) is 3.13. The van der Waals surface area contributed by atoms with E-state index in [1.165, 1.54) is 12.1 Å². The standard InChI is InChI=1S/C13H19ClFNO2S/c1-4-12(5-6-14)16-19(17,18)13-9(2)7-11(15)8-10(13)3/h7-8,12,16H,4-6H2,1-3H3. The van der Waals surface area contributed by atoms with Gasteiger partial charge in [-0.15, -0.1) is 11.6 Å². The largest absolute Gasteiger partial charge is 0.241 e. The molecule has 0 radical (unpaired) electrons. The molecule has 0 aromatic heterocycles. The third-order valence-corrected chi connectivity index (χ3v) is 5.01. The van der Waals surface area contributed by atoms with E-state index in [2.05, 4.69) is 4.72 Å². The van der Waals surface area contributed by atoms with Gasteiger partial charge >= 0.3 is 0 Å². The Kier molecular flexibility index (Phi) is 5.77. The molecule has 0 aliphatic carbocycles. The lowest BCUT2D eigenvalue weighted by atomic mass is 10.1. The molecule has 3 nitrogen and oxygen atoms in total. The Hall–Kier alpha value is -0.650. The van der Waals surface area contributed by atoms with Crippen LogP contribution >= 0.6 is 11.6 Å². The van der Waals surface area contributed by atoms with Gasteiger partial charge in [0.15, 0.2) is 0 Å². The van der Waals surface area contributed by atoms with Crippen molar-refractivity contribution in [2.75, 3.05) is 5.88 Å². The molecule has 19 heavy (non-hydrogen) atoms. The highest BCUT2D eigenvalue weighted by atomic mass is 35.5. The number of sulfonamides is 1. The summed E-state index contributed by atoms with van der Waals surface area (Å²) < 4.78 is 40.5. The first kappa shape index (κ1) is 16.4. The molecule has 0 amide bonds. The van der Waals surface area contributed by atoms with Crippen LogP contribution < -0.4 is 4.72 Å². The first-order valence-electron chi connectivity index (χ1n) is 6.16. The van der Waals surface area contributed by atoms with Crippen molar-refractivity contribution in [3.8, 4) is 0 Å². The monoisotopic (exact) mass is 307 g/mol. The first-order chi connectivity index (χ1) is 8.81. The maximum atomic E-state index is 13.2. The van der Waals surface area contributed by atoms with Crippen LogP contribution in [0.2, 0.25) is 0 Å². The maximum absolute atomic E-state index is 13.2. The average Bonchev–Trinajstić information content (AvgIpc) is 2.25. The second-order valence-electron chi connectivity index (χ2n) is 4.57. The highest BCUT2D eigenvalue weighted by Gasteiger charge is 2.23. The number of halogens is 2. The van der Waals surface area contributed by atoms with E-state index in [1.807, 2.05) is 6.92 Å². The van der Waals surface area contributed by atoms with Crippen LogP contribution in [-0.4, -0.2) is 20.3 Å². The summed E-state index contributed by atoms with van der Waals surface area (Å²) >= 11 is 5.65. The molecule has 0 spiro atoms. The van der Waals surface area contributed by atoms with E-state index in [9.17, 15) is 12.8 Å². The highest BCUT2D eigenvalue weighted by molar-refractivity contribution is 7.89. The van der Waals surface area contributed by atoms with Crippen LogP contribution in [-0.2, 0) is 10.0 Å². The van der Waals surface area contributed by atoms with E-state index < -0.39 is 15.8 Å². The van der Waals surface area contributed by atoms with Crippen molar-refractivity contribution in [2.24, 2.45) is 0 Å². The minimum atomic E-state index is -3.65. The Balaban J connectivity index is 3.14. The van der Waals surface area contributed by atoms with Crippen LogP contribution in [0.25, 0.3) is 0 Å². The fourth-order valence-electron chi connectivity index (χ4n) is 2.08. The molecule has 1 rings (SSSR count). The molecule has 1 unspecified atom stereocenters. The Labute approximate surface area is 119 Å². The van der Waals surface area contributed by atoms with Gasteiger partial charge in [-0.25, -0.2) is 17.5 Å². The van der Waals surface area contributed by atoms with Gasteiger partial charge in [0.2, 0.25) is 10.0 Å². The summed E-state index contributed by atoms with van der Waals surface area (Å²) in [6.45, 7) is 5.07. The van der Waals surface area contributed by atoms with E-state index >= 15 is 0 Å². The second-order valence-corrected chi connectivity index (χ2v) is 6.60. The van der Waals surface area contributed by atoms with Crippen molar-refractivity contribution in [3.63, 3.8) is 0 Å². The summed E-state index contributed by atoms with van der Waals surface area (Å²) in [5, 5.41) is 0. The van der Waals surface area contributed by atoms with Crippen molar-refractivity contribution in [1.82, 2.24) is 4.72 Å². The summed E-state index contributed by atoms with van der Waals surface area (Å²) in [5.41, 5.74) is 0.816. The second kappa shape index (κ2) is 6.68. The van der Waals surface area contributed by atoms with Gasteiger partial charge in [-0.1, -0.05) is 6.92 Å². The molecule has 0 aliphatic rings. The molecular formula is C13H19ClFNO2S. The van der Waals surface area contributed by atoms with Gasteiger partial charge < -0.3 is 0 Å². The molecule has 0 heterocycles. The van der Waals surface area contributed by atoms with E-state index in [0.29, 0.717) is 29.8 Å². The van der Waals surface area contributed by atoms with E-state index in [4.69, 9.17) is 11.6 Å². The smallest absolute Gasteiger partial charge is 0.208 e. The number of hydrogen-bond donors (Lipinski definition) is 1. The Bertz CT molecular complexity index is 523. The van der Waals surface area contributed by atoms with Gasteiger partial charge in [0.1, 0.15) is 5.82 Å².